The second-order valence-corrected chi connectivity index (χ2v) is 4.19. The van der Waals surface area contributed by atoms with Crippen molar-refractivity contribution in [3.8, 4) is 0 Å². The van der Waals surface area contributed by atoms with Gasteiger partial charge in [-0.05, 0) is 56.4 Å². The number of hydrogen-bond donors (Lipinski definition) is 1. The lowest BCUT2D eigenvalue weighted by Crippen LogP contribution is -2.18. The van der Waals surface area contributed by atoms with Crippen molar-refractivity contribution < 1.29 is 0 Å². The molecule has 0 aromatic carbocycles. The first kappa shape index (κ1) is 6.66. The molecular formula is C9H17N. The molecule has 0 amide bonds. The van der Waals surface area contributed by atoms with Crippen LogP contribution in [0.3, 0.4) is 0 Å². The molecule has 0 radical (unpaired) electrons. The maximum atomic E-state index is 5.59. The Morgan fingerprint density at radius 1 is 1.30 bits per heavy atom. The molecule has 0 aliphatic heterocycles. The molecule has 1 nitrogen and oxygen atoms in total. The van der Waals surface area contributed by atoms with Crippen LogP contribution in [-0.2, 0) is 0 Å². The second kappa shape index (κ2) is 2.23. The SMILES string of the molecule is NCCC12CCC(CC1)C2. The van der Waals surface area contributed by atoms with Gasteiger partial charge in [0.1, 0.15) is 0 Å². The van der Waals surface area contributed by atoms with E-state index in [1.54, 1.807) is 0 Å². The highest BCUT2D eigenvalue weighted by atomic mass is 14.6. The molecule has 0 unspecified atom stereocenters. The summed E-state index contributed by atoms with van der Waals surface area (Å²) in [4.78, 5) is 0. The van der Waals surface area contributed by atoms with Gasteiger partial charge in [-0.25, -0.2) is 0 Å². The fourth-order valence-corrected chi connectivity index (χ4v) is 2.97. The summed E-state index contributed by atoms with van der Waals surface area (Å²) in [7, 11) is 0. The molecule has 0 saturated heterocycles. The normalized spacial score (nSPS) is 44.7. The molecule has 0 aromatic rings. The van der Waals surface area contributed by atoms with Crippen LogP contribution in [0.1, 0.15) is 38.5 Å². The highest BCUT2D eigenvalue weighted by Gasteiger charge is 2.43. The fourth-order valence-electron chi connectivity index (χ4n) is 2.97. The summed E-state index contributed by atoms with van der Waals surface area (Å²) in [5.74, 6) is 1.09. The summed E-state index contributed by atoms with van der Waals surface area (Å²) >= 11 is 0. The van der Waals surface area contributed by atoms with E-state index in [9.17, 15) is 0 Å². The van der Waals surface area contributed by atoms with E-state index >= 15 is 0 Å². The summed E-state index contributed by atoms with van der Waals surface area (Å²) < 4.78 is 0. The van der Waals surface area contributed by atoms with Gasteiger partial charge in [0, 0.05) is 0 Å². The molecule has 0 spiro atoms. The van der Waals surface area contributed by atoms with Crippen LogP contribution in [0.4, 0.5) is 0 Å². The first-order valence-corrected chi connectivity index (χ1v) is 4.55. The Balaban J connectivity index is 2.01. The summed E-state index contributed by atoms with van der Waals surface area (Å²) in [5.41, 5.74) is 6.32. The molecule has 2 rings (SSSR count). The highest BCUT2D eigenvalue weighted by molar-refractivity contribution is 4.95. The molecule has 2 N–H and O–H groups in total. The van der Waals surface area contributed by atoms with Crippen LogP contribution in [-0.4, -0.2) is 6.54 Å². The van der Waals surface area contributed by atoms with Gasteiger partial charge in [0.2, 0.25) is 0 Å². The summed E-state index contributed by atoms with van der Waals surface area (Å²) in [6.45, 7) is 0.909. The number of fused-ring (bicyclic) bond motifs is 2. The minimum absolute atomic E-state index is 0.736. The third kappa shape index (κ3) is 0.878. The molecule has 58 valence electrons. The van der Waals surface area contributed by atoms with Crippen molar-refractivity contribution in [3.05, 3.63) is 0 Å². The van der Waals surface area contributed by atoms with Crippen LogP contribution in [0.5, 0.6) is 0 Å². The van der Waals surface area contributed by atoms with Crippen molar-refractivity contribution in [1.29, 1.82) is 0 Å². The lowest BCUT2D eigenvalue weighted by Gasteiger charge is -2.25. The van der Waals surface area contributed by atoms with Gasteiger partial charge in [-0.3, -0.25) is 0 Å². The van der Waals surface area contributed by atoms with E-state index in [4.69, 9.17) is 5.73 Å². The van der Waals surface area contributed by atoms with E-state index in [0.717, 1.165) is 17.9 Å². The molecule has 1 heteroatoms. The quantitative estimate of drug-likeness (QED) is 0.621. The van der Waals surface area contributed by atoms with Gasteiger partial charge in [-0.15, -0.1) is 0 Å². The summed E-state index contributed by atoms with van der Waals surface area (Å²) in [6, 6.07) is 0. The maximum Gasteiger partial charge on any atom is -0.00720 e. The largest absolute Gasteiger partial charge is 0.330 e. The minimum atomic E-state index is 0.736. The van der Waals surface area contributed by atoms with E-state index in [2.05, 4.69) is 0 Å². The van der Waals surface area contributed by atoms with Crippen molar-refractivity contribution in [2.45, 2.75) is 38.5 Å². The standard InChI is InChI=1S/C9H17N/c10-6-5-9-3-1-8(7-9)2-4-9/h8H,1-7,10H2. The van der Waals surface area contributed by atoms with Gasteiger partial charge in [-0.1, -0.05) is 0 Å². The van der Waals surface area contributed by atoms with Crippen LogP contribution in [0.15, 0.2) is 0 Å². The molecule has 10 heavy (non-hydrogen) atoms. The topological polar surface area (TPSA) is 26.0 Å². The average Bonchev–Trinajstić information content (AvgIpc) is 2.46. The van der Waals surface area contributed by atoms with Crippen molar-refractivity contribution in [3.63, 3.8) is 0 Å². The Hall–Kier alpha value is -0.0400. The monoisotopic (exact) mass is 139 g/mol. The minimum Gasteiger partial charge on any atom is -0.330 e. The molecule has 0 heterocycles. The van der Waals surface area contributed by atoms with Crippen LogP contribution in [0.2, 0.25) is 0 Å². The van der Waals surface area contributed by atoms with Gasteiger partial charge >= 0.3 is 0 Å². The Labute approximate surface area is 63.0 Å². The maximum absolute atomic E-state index is 5.59. The molecule has 2 fully saturated rings. The Bertz CT molecular complexity index is 123. The molecule has 2 saturated carbocycles. The van der Waals surface area contributed by atoms with E-state index in [1.807, 2.05) is 0 Å². The Morgan fingerprint density at radius 3 is 2.40 bits per heavy atom. The Morgan fingerprint density at radius 2 is 2.00 bits per heavy atom. The van der Waals surface area contributed by atoms with E-state index < -0.39 is 0 Å². The summed E-state index contributed by atoms with van der Waals surface area (Å²) in [5, 5.41) is 0. The van der Waals surface area contributed by atoms with E-state index in [1.165, 1.54) is 38.5 Å². The zero-order valence-corrected chi connectivity index (χ0v) is 6.60. The van der Waals surface area contributed by atoms with Crippen molar-refractivity contribution >= 4 is 0 Å². The van der Waals surface area contributed by atoms with Crippen molar-refractivity contribution in [2.75, 3.05) is 6.54 Å². The van der Waals surface area contributed by atoms with Crippen LogP contribution in [0, 0.1) is 11.3 Å². The highest BCUT2D eigenvalue weighted by Crippen LogP contribution is 2.55. The predicted molar refractivity (Wildman–Crippen MR) is 42.7 cm³/mol. The molecular weight excluding hydrogens is 122 g/mol. The first-order chi connectivity index (χ1) is 4.85. The van der Waals surface area contributed by atoms with Gasteiger partial charge in [0.05, 0.1) is 0 Å². The lowest BCUT2D eigenvalue weighted by molar-refractivity contribution is 0.276. The average molecular weight is 139 g/mol. The molecule has 0 atom stereocenters. The Kier molecular flexibility index (Phi) is 1.48. The second-order valence-electron chi connectivity index (χ2n) is 4.19. The van der Waals surface area contributed by atoms with Crippen molar-refractivity contribution in [2.24, 2.45) is 17.1 Å². The molecule has 2 aliphatic rings. The van der Waals surface area contributed by atoms with Crippen molar-refractivity contribution in [1.82, 2.24) is 0 Å². The number of hydrogen-bond acceptors (Lipinski definition) is 1. The van der Waals surface area contributed by atoms with Crippen LogP contribution in [0.25, 0.3) is 0 Å². The zero-order chi connectivity index (χ0) is 7.03. The fraction of sp³-hybridized carbons (Fsp3) is 1.00. The molecule has 2 bridgehead atoms. The lowest BCUT2D eigenvalue weighted by atomic mass is 9.81. The molecule has 2 aliphatic carbocycles. The third-order valence-electron chi connectivity index (χ3n) is 3.56. The van der Waals surface area contributed by atoms with Gasteiger partial charge in [0.15, 0.2) is 0 Å². The predicted octanol–water partition coefficient (Wildman–Crippen LogP) is 1.92. The molecule has 0 aromatic heterocycles. The van der Waals surface area contributed by atoms with Gasteiger partial charge in [-0.2, -0.15) is 0 Å². The summed E-state index contributed by atoms with van der Waals surface area (Å²) in [6.07, 6.45) is 8.76. The van der Waals surface area contributed by atoms with Gasteiger partial charge < -0.3 is 5.73 Å². The van der Waals surface area contributed by atoms with E-state index in [-0.39, 0.29) is 0 Å². The van der Waals surface area contributed by atoms with Gasteiger partial charge in [0.25, 0.3) is 0 Å². The van der Waals surface area contributed by atoms with E-state index in [0.29, 0.717) is 0 Å². The number of rotatable bonds is 2. The van der Waals surface area contributed by atoms with Crippen LogP contribution >= 0.6 is 0 Å². The third-order valence-corrected chi connectivity index (χ3v) is 3.56. The van der Waals surface area contributed by atoms with Crippen LogP contribution < -0.4 is 5.73 Å². The number of nitrogens with two attached hydrogens (primary N) is 1. The zero-order valence-electron chi connectivity index (χ0n) is 6.60. The smallest absolute Gasteiger partial charge is 0.00720 e. The first-order valence-electron chi connectivity index (χ1n) is 4.55.